The maximum atomic E-state index is 13.9. The van der Waals surface area contributed by atoms with Gasteiger partial charge in [-0.1, -0.05) is 37.6 Å². The second-order valence-electron chi connectivity index (χ2n) is 9.41. The van der Waals surface area contributed by atoms with E-state index in [-0.39, 0.29) is 11.8 Å². The average Bonchev–Trinajstić information content (AvgIpc) is 3.02. The first-order chi connectivity index (χ1) is 15.7. The average molecular weight is 449 g/mol. The summed E-state index contributed by atoms with van der Waals surface area (Å²) >= 11 is 0. The molecule has 33 heavy (non-hydrogen) atoms. The predicted octanol–water partition coefficient (Wildman–Crippen LogP) is 4.58. The molecule has 0 aliphatic carbocycles. The summed E-state index contributed by atoms with van der Waals surface area (Å²) < 4.78 is 10.8. The number of ether oxygens (including phenoxy) is 2. The van der Waals surface area contributed by atoms with Gasteiger partial charge < -0.3 is 14.4 Å². The molecule has 0 saturated carbocycles. The van der Waals surface area contributed by atoms with E-state index in [9.17, 15) is 9.59 Å². The Kier molecular flexibility index (Phi) is 6.19. The number of hydrogen-bond donors (Lipinski definition) is 0. The summed E-state index contributed by atoms with van der Waals surface area (Å²) in [6.45, 7) is 9.92. The lowest BCUT2D eigenvalue weighted by Gasteiger charge is -2.37. The van der Waals surface area contributed by atoms with Crippen molar-refractivity contribution in [1.29, 1.82) is 0 Å². The number of likely N-dealkylation sites (tertiary alicyclic amines) is 1. The number of amides is 2. The van der Waals surface area contributed by atoms with E-state index in [0.29, 0.717) is 40.3 Å². The van der Waals surface area contributed by atoms with Gasteiger partial charge in [-0.25, -0.2) is 4.90 Å². The Morgan fingerprint density at radius 3 is 2.00 bits per heavy atom. The van der Waals surface area contributed by atoms with Crippen LogP contribution in [-0.2, 0) is 9.59 Å². The smallest absolute Gasteiger partial charge is 0.282 e. The molecule has 2 aliphatic heterocycles. The van der Waals surface area contributed by atoms with Gasteiger partial charge in [0.15, 0.2) is 0 Å². The SMILES string of the molecule is COc1cc(OC)cc(N2C(=O)C(c3ccc(C)cc3C)=C(N3CC(C)CC(C)C3)C2=O)c1. The summed E-state index contributed by atoms with van der Waals surface area (Å²) in [4.78, 5) is 31.2. The molecule has 2 heterocycles. The highest BCUT2D eigenvalue weighted by Crippen LogP contribution is 2.40. The first-order valence-corrected chi connectivity index (χ1v) is 11.4. The zero-order chi connectivity index (χ0) is 23.9. The molecule has 2 aromatic rings. The number of imide groups is 1. The number of carbonyl (C=O) groups excluding carboxylic acids is 2. The van der Waals surface area contributed by atoms with Gasteiger partial charge >= 0.3 is 0 Å². The Balaban J connectivity index is 1.88. The summed E-state index contributed by atoms with van der Waals surface area (Å²) in [5.41, 5.74) is 4.30. The van der Waals surface area contributed by atoms with E-state index in [0.717, 1.165) is 36.2 Å². The van der Waals surface area contributed by atoms with Gasteiger partial charge in [0.1, 0.15) is 17.2 Å². The molecule has 1 fully saturated rings. The maximum absolute atomic E-state index is 13.9. The first-order valence-electron chi connectivity index (χ1n) is 11.4. The van der Waals surface area contributed by atoms with Crippen LogP contribution in [0.2, 0.25) is 0 Å². The molecule has 0 spiro atoms. The molecule has 1 saturated heterocycles. The highest BCUT2D eigenvalue weighted by molar-refractivity contribution is 6.45. The highest BCUT2D eigenvalue weighted by Gasteiger charge is 2.44. The van der Waals surface area contributed by atoms with Crippen LogP contribution in [0.1, 0.15) is 37.0 Å². The molecule has 0 aromatic heterocycles. The highest BCUT2D eigenvalue weighted by atomic mass is 16.5. The van der Waals surface area contributed by atoms with Crippen LogP contribution in [0.15, 0.2) is 42.1 Å². The maximum Gasteiger partial charge on any atom is 0.282 e. The third kappa shape index (κ3) is 4.22. The third-order valence-corrected chi connectivity index (χ3v) is 6.49. The van der Waals surface area contributed by atoms with Crippen LogP contribution in [-0.4, -0.2) is 44.0 Å². The van der Waals surface area contributed by atoms with Gasteiger partial charge in [-0.2, -0.15) is 0 Å². The summed E-state index contributed by atoms with van der Waals surface area (Å²) in [6.07, 6.45) is 1.11. The molecule has 0 radical (unpaired) electrons. The third-order valence-electron chi connectivity index (χ3n) is 6.49. The van der Waals surface area contributed by atoms with Crippen molar-refractivity contribution in [1.82, 2.24) is 4.90 Å². The van der Waals surface area contributed by atoms with E-state index in [4.69, 9.17) is 9.47 Å². The zero-order valence-corrected chi connectivity index (χ0v) is 20.3. The van der Waals surface area contributed by atoms with E-state index in [1.807, 2.05) is 26.0 Å². The lowest BCUT2D eigenvalue weighted by atomic mass is 9.90. The van der Waals surface area contributed by atoms with Gasteiger partial charge in [-0.05, 0) is 43.2 Å². The summed E-state index contributed by atoms with van der Waals surface area (Å²) in [7, 11) is 3.10. The number of rotatable bonds is 5. The Labute approximate surface area is 195 Å². The largest absolute Gasteiger partial charge is 0.497 e. The van der Waals surface area contributed by atoms with Crippen LogP contribution >= 0.6 is 0 Å². The summed E-state index contributed by atoms with van der Waals surface area (Å²) in [6, 6.07) is 11.1. The Bertz CT molecular complexity index is 1100. The number of benzene rings is 2. The number of anilines is 1. The summed E-state index contributed by atoms with van der Waals surface area (Å²) in [5.74, 6) is 1.30. The normalized spacial score (nSPS) is 21.2. The molecular formula is C27H32N2O4. The van der Waals surface area contributed by atoms with E-state index < -0.39 is 0 Å². The topological polar surface area (TPSA) is 59.1 Å². The molecule has 2 aliphatic rings. The molecule has 0 N–H and O–H groups in total. The predicted molar refractivity (Wildman–Crippen MR) is 129 cm³/mol. The van der Waals surface area contributed by atoms with Crippen LogP contribution in [0.5, 0.6) is 11.5 Å². The van der Waals surface area contributed by atoms with E-state index in [1.54, 1.807) is 32.4 Å². The van der Waals surface area contributed by atoms with Gasteiger partial charge in [0, 0.05) is 31.3 Å². The van der Waals surface area contributed by atoms with Crippen LogP contribution in [0.25, 0.3) is 5.57 Å². The second kappa shape index (κ2) is 8.93. The molecule has 2 amide bonds. The Hall–Kier alpha value is -3.28. The van der Waals surface area contributed by atoms with Crippen LogP contribution in [0, 0.1) is 25.7 Å². The molecular weight excluding hydrogens is 416 g/mol. The van der Waals surface area contributed by atoms with Crippen molar-refractivity contribution in [3.8, 4) is 11.5 Å². The number of piperidine rings is 1. The van der Waals surface area contributed by atoms with Crippen molar-refractivity contribution in [2.24, 2.45) is 11.8 Å². The number of carbonyl (C=O) groups is 2. The fraction of sp³-hybridized carbons (Fsp3) is 0.407. The minimum atomic E-state index is -0.317. The van der Waals surface area contributed by atoms with Crippen molar-refractivity contribution in [2.75, 3.05) is 32.2 Å². The first kappa shape index (κ1) is 22.9. The Morgan fingerprint density at radius 2 is 1.45 bits per heavy atom. The van der Waals surface area contributed by atoms with Gasteiger partial charge in [-0.15, -0.1) is 0 Å². The number of aryl methyl sites for hydroxylation is 2. The molecule has 0 bridgehead atoms. The minimum absolute atomic E-state index is 0.299. The zero-order valence-electron chi connectivity index (χ0n) is 20.3. The van der Waals surface area contributed by atoms with Crippen molar-refractivity contribution >= 4 is 23.1 Å². The fourth-order valence-corrected chi connectivity index (χ4v) is 5.15. The van der Waals surface area contributed by atoms with Crippen molar-refractivity contribution in [2.45, 2.75) is 34.1 Å². The summed E-state index contributed by atoms with van der Waals surface area (Å²) in [5, 5.41) is 0. The van der Waals surface area contributed by atoms with E-state index >= 15 is 0 Å². The molecule has 4 rings (SSSR count). The molecule has 6 nitrogen and oxygen atoms in total. The van der Waals surface area contributed by atoms with Crippen LogP contribution in [0.4, 0.5) is 5.69 Å². The number of hydrogen-bond acceptors (Lipinski definition) is 5. The molecule has 2 aromatic carbocycles. The quantitative estimate of drug-likeness (QED) is 0.627. The molecule has 2 unspecified atom stereocenters. The van der Waals surface area contributed by atoms with Gasteiger partial charge in [-0.3, -0.25) is 9.59 Å². The molecule has 2 atom stereocenters. The van der Waals surface area contributed by atoms with Gasteiger partial charge in [0.05, 0.1) is 25.5 Å². The van der Waals surface area contributed by atoms with Crippen LogP contribution in [0.3, 0.4) is 0 Å². The lowest BCUT2D eigenvalue weighted by molar-refractivity contribution is -0.120. The number of nitrogens with zero attached hydrogens (tertiary/aromatic N) is 2. The minimum Gasteiger partial charge on any atom is -0.497 e. The van der Waals surface area contributed by atoms with E-state index in [1.165, 1.54) is 4.90 Å². The Morgan fingerprint density at radius 1 is 0.848 bits per heavy atom. The van der Waals surface area contributed by atoms with Crippen molar-refractivity contribution in [3.63, 3.8) is 0 Å². The van der Waals surface area contributed by atoms with Crippen molar-refractivity contribution < 1.29 is 19.1 Å². The monoisotopic (exact) mass is 448 g/mol. The van der Waals surface area contributed by atoms with Gasteiger partial charge in [0.2, 0.25) is 0 Å². The number of methoxy groups -OCH3 is 2. The fourth-order valence-electron chi connectivity index (χ4n) is 5.15. The second-order valence-corrected chi connectivity index (χ2v) is 9.41. The lowest BCUT2D eigenvalue weighted by Crippen LogP contribution is -2.42. The van der Waals surface area contributed by atoms with Crippen LogP contribution < -0.4 is 14.4 Å². The van der Waals surface area contributed by atoms with Gasteiger partial charge in [0.25, 0.3) is 11.8 Å². The van der Waals surface area contributed by atoms with Crippen molar-refractivity contribution in [3.05, 3.63) is 58.8 Å². The van der Waals surface area contributed by atoms with E-state index in [2.05, 4.69) is 24.8 Å². The molecule has 6 heteroatoms. The standard InChI is InChI=1S/C27H32N2O4/c1-16-7-8-23(19(4)10-16)24-25(28-14-17(2)9-18(3)15-28)27(31)29(26(24)30)20-11-21(32-5)13-22(12-20)33-6/h7-8,10-13,17-18H,9,14-15H2,1-6H3. The molecule has 174 valence electrons.